The van der Waals surface area contributed by atoms with Gasteiger partial charge < -0.3 is 15.4 Å². The van der Waals surface area contributed by atoms with Gasteiger partial charge in [0.2, 0.25) is 5.91 Å². The van der Waals surface area contributed by atoms with Crippen LogP contribution in [-0.4, -0.2) is 18.4 Å². The summed E-state index contributed by atoms with van der Waals surface area (Å²) < 4.78 is 5.58. The lowest BCUT2D eigenvalue weighted by Gasteiger charge is -2.13. The number of rotatable bonds is 7. The molecular formula is C20H21N3O3. The number of anilines is 1. The first kappa shape index (κ1) is 19.0. The minimum absolute atomic E-state index is 0.0900. The molecule has 6 heteroatoms. The van der Waals surface area contributed by atoms with Crippen molar-refractivity contribution in [3.8, 4) is 11.8 Å². The number of hydrogen-bond donors (Lipinski definition) is 2. The Morgan fingerprint density at radius 2 is 1.85 bits per heavy atom. The Balaban J connectivity index is 1.90. The van der Waals surface area contributed by atoms with Crippen molar-refractivity contribution < 1.29 is 14.3 Å². The SMILES string of the molecule is Cc1cccc(OCC(=O)NCc2ccccc2NC(=O)CC#N)c1C. The first-order valence-corrected chi connectivity index (χ1v) is 8.21. The second-order valence-corrected chi connectivity index (χ2v) is 5.80. The zero-order valence-corrected chi connectivity index (χ0v) is 14.8. The van der Waals surface area contributed by atoms with E-state index in [0.717, 1.165) is 16.7 Å². The average Bonchev–Trinajstić information content (AvgIpc) is 2.62. The van der Waals surface area contributed by atoms with Gasteiger partial charge in [-0.2, -0.15) is 5.26 Å². The maximum atomic E-state index is 12.1. The molecule has 2 aromatic rings. The van der Waals surface area contributed by atoms with Crippen molar-refractivity contribution in [2.45, 2.75) is 26.8 Å². The lowest BCUT2D eigenvalue weighted by Crippen LogP contribution is -2.29. The fourth-order valence-electron chi connectivity index (χ4n) is 2.33. The van der Waals surface area contributed by atoms with Gasteiger partial charge in [-0.25, -0.2) is 0 Å². The first-order valence-electron chi connectivity index (χ1n) is 8.21. The molecule has 2 N–H and O–H groups in total. The standard InChI is InChI=1S/C20H21N3O3/c1-14-6-5-9-18(15(14)2)26-13-20(25)22-12-16-7-3-4-8-17(16)23-19(24)10-11-21/h3-9H,10,12-13H2,1-2H3,(H,22,25)(H,23,24). The van der Waals surface area contributed by atoms with E-state index in [1.807, 2.05) is 38.1 Å². The van der Waals surface area contributed by atoms with Gasteiger partial charge >= 0.3 is 0 Å². The normalized spacial score (nSPS) is 9.88. The van der Waals surface area contributed by atoms with Gasteiger partial charge in [-0.1, -0.05) is 30.3 Å². The zero-order chi connectivity index (χ0) is 18.9. The third-order valence-corrected chi connectivity index (χ3v) is 3.92. The van der Waals surface area contributed by atoms with Gasteiger partial charge in [0.1, 0.15) is 12.2 Å². The second-order valence-electron chi connectivity index (χ2n) is 5.80. The van der Waals surface area contributed by atoms with Crippen LogP contribution in [0, 0.1) is 25.2 Å². The molecule has 0 aliphatic heterocycles. The van der Waals surface area contributed by atoms with Crippen LogP contribution < -0.4 is 15.4 Å². The van der Waals surface area contributed by atoms with Crippen molar-refractivity contribution in [1.82, 2.24) is 5.32 Å². The summed E-state index contributed by atoms with van der Waals surface area (Å²) >= 11 is 0. The van der Waals surface area contributed by atoms with Crippen LogP contribution in [0.25, 0.3) is 0 Å². The second kappa shape index (κ2) is 9.23. The molecule has 2 rings (SSSR count). The largest absolute Gasteiger partial charge is 0.483 e. The van der Waals surface area contributed by atoms with Crippen molar-refractivity contribution in [1.29, 1.82) is 5.26 Å². The number of hydrogen-bond acceptors (Lipinski definition) is 4. The van der Waals surface area contributed by atoms with Crippen molar-refractivity contribution in [3.63, 3.8) is 0 Å². The van der Waals surface area contributed by atoms with Crippen molar-refractivity contribution in [2.75, 3.05) is 11.9 Å². The number of nitrogens with one attached hydrogen (secondary N) is 2. The number of carbonyl (C=O) groups is 2. The third-order valence-electron chi connectivity index (χ3n) is 3.92. The number of aryl methyl sites for hydroxylation is 1. The van der Waals surface area contributed by atoms with E-state index in [0.29, 0.717) is 11.4 Å². The molecule has 0 saturated carbocycles. The van der Waals surface area contributed by atoms with Gasteiger partial charge in [-0.05, 0) is 42.7 Å². The van der Waals surface area contributed by atoms with Gasteiger partial charge in [0.25, 0.3) is 5.91 Å². The van der Waals surface area contributed by atoms with Gasteiger partial charge in [-0.15, -0.1) is 0 Å². The molecule has 0 spiro atoms. The van der Waals surface area contributed by atoms with Gasteiger partial charge in [-0.3, -0.25) is 9.59 Å². The van der Waals surface area contributed by atoms with Gasteiger partial charge in [0, 0.05) is 12.2 Å². The van der Waals surface area contributed by atoms with Crippen LogP contribution in [-0.2, 0) is 16.1 Å². The van der Waals surface area contributed by atoms with Crippen LogP contribution >= 0.6 is 0 Å². The number of benzene rings is 2. The molecule has 0 atom stereocenters. The number of nitriles is 1. The van der Waals surface area contributed by atoms with E-state index < -0.39 is 0 Å². The number of para-hydroxylation sites is 1. The Bertz CT molecular complexity index is 840. The van der Waals surface area contributed by atoms with Crippen LogP contribution in [0.4, 0.5) is 5.69 Å². The summed E-state index contributed by atoms with van der Waals surface area (Å²) in [5.41, 5.74) is 3.43. The number of carbonyl (C=O) groups excluding carboxylic acids is 2. The summed E-state index contributed by atoms with van der Waals surface area (Å²) in [6.45, 7) is 4.09. The maximum absolute atomic E-state index is 12.1. The number of nitrogens with zero attached hydrogens (tertiary/aromatic N) is 1. The van der Waals surface area contributed by atoms with E-state index in [1.165, 1.54) is 0 Å². The van der Waals surface area contributed by atoms with Gasteiger partial charge in [0.05, 0.1) is 6.07 Å². The topological polar surface area (TPSA) is 91.2 Å². The van der Waals surface area contributed by atoms with Crippen LogP contribution in [0.2, 0.25) is 0 Å². The Hall–Kier alpha value is -3.33. The average molecular weight is 351 g/mol. The summed E-state index contributed by atoms with van der Waals surface area (Å²) in [7, 11) is 0. The van der Waals surface area contributed by atoms with Crippen molar-refractivity contribution in [2.24, 2.45) is 0 Å². The molecule has 0 fully saturated rings. The van der Waals surface area contributed by atoms with E-state index in [-0.39, 0.29) is 31.4 Å². The molecule has 2 amide bonds. The molecule has 0 aliphatic rings. The van der Waals surface area contributed by atoms with E-state index in [4.69, 9.17) is 10.00 Å². The van der Waals surface area contributed by atoms with Gasteiger partial charge in [0.15, 0.2) is 6.61 Å². The quantitative estimate of drug-likeness (QED) is 0.802. The molecule has 6 nitrogen and oxygen atoms in total. The monoisotopic (exact) mass is 351 g/mol. The third kappa shape index (κ3) is 5.35. The molecule has 0 bridgehead atoms. The molecule has 0 heterocycles. The molecule has 26 heavy (non-hydrogen) atoms. The highest BCUT2D eigenvalue weighted by atomic mass is 16.5. The summed E-state index contributed by atoms with van der Waals surface area (Å²) in [6.07, 6.45) is -0.218. The highest BCUT2D eigenvalue weighted by Crippen LogP contribution is 2.20. The van der Waals surface area contributed by atoms with E-state index in [9.17, 15) is 9.59 Å². The number of ether oxygens (including phenoxy) is 1. The van der Waals surface area contributed by atoms with Crippen LogP contribution in [0.5, 0.6) is 5.75 Å². The summed E-state index contributed by atoms with van der Waals surface area (Å²) in [5, 5.41) is 14.0. The molecule has 0 saturated heterocycles. The number of amides is 2. The predicted molar refractivity (Wildman–Crippen MR) is 98.6 cm³/mol. The highest BCUT2D eigenvalue weighted by Gasteiger charge is 2.09. The summed E-state index contributed by atoms with van der Waals surface area (Å²) in [5.74, 6) is 0.0397. The smallest absolute Gasteiger partial charge is 0.258 e. The first-order chi connectivity index (χ1) is 12.5. The lowest BCUT2D eigenvalue weighted by atomic mass is 10.1. The van der Waals surface area contributed by atoms with Crippen LogP contribution in [0.1, 0.15) is 23.1 Å². The van der Waals surface area contributed by atoms with Crippen molar-refractivity contribution in [3.05, 3.63) is 59.2 Å². The molecular weight excluding hydrogens is 330 g/mol. The van der Waals surface area contributed by atoms with Crippen LogP contribution in [0.3, 0.4) is 0 Å². The van der Waals surface area contributed by atoms with E-state index in [1.54, 1.807) is 24.3 Å². The molecule has 0 unspecified atom stereocenters. The fourth-order valence-corrected chi connectivity index (χ4v) is 2.33. The van der Waals surface area contributed by atoms with E-state index in [2.05, 4.69) is 10.6 Å². The van der Waals surface area contributed by atoms with Crippen LogP contribution in [0.15, 0.2) is 42.5 Å². The fraction of sp³-hybridized carbons (Fsp3) is 0.250. The highest BCUT2D eigenvalue weighted by molar-refractivity contribution is 5.92. The van der Waals surface area contributed by atoms with E-state index >= 15 is 0 Å². The molecule has 2 aromatic carbocycles. The minimum Gasteiger partial charge on any atom is -0.483 e. The molecule has 0 aliphatic carbocycles. The Kier molecular flexibility index (Phi) is 6.75. The molecule has 0 radical (unpaired) electrons. The lowest BCUT2D eigenvalue weighted by molar-refractivity contribution is -0.123. The Morgan fingerprint density at radius 1 is 1.08 bits per heavy atom. The van der Waals surface area contributed by atoms with Crippen molar-refractivity contribution >= 4 is 17.5 Å². The zero-order valence-electron chi connectivity index (χ0n) is 14.8. The Morgan fingerprint density at radius 3 is 2.62 bits per heavy atom. The maximum Gasteiger partial charge on any atom is 0.258 e. The summed E-state index contributed by atoms with van der Waals surface area (Å²) in [6, 6.07) is 14.6. The Labute approximate surface area is 152 Å². The predicted octanol–water partition coefficient (Wildman–Crippen LogP) is 2.85. The minimum atomic E-state index is -0.385. The summed E-state index contributed by atoms with van der Waals surface area (Å²) in [4.78, 5) is 23.6. The molecule has 134 valence electrons. The molecule has 0 aromatic heterocycles.